The molecule has 2 atom stereocenters. The first kappa shape index (κ1) is 10.5. The van der Waals surface area contributed by atoms with Crippen molar-refractivity contribution in [3.05, 3.63) is 0 Å². The lowest BCUT2D eigenvalue weighted by Gasteiger charge is -2.25. The molecule has 76 valence electrons. The largest absolute Gasteiger partial charge is 0.479 e. The maximum absolute atomic E-state index is 10.9. The second kappa shape index (κ2) is 2.96. The van der Waals surface area contributed by atoms with E-state index in [1.54, 1.807) is 20.8 Å². The zero-order valence-corrected chi connectivity index (χ0v) is 8.46. The number of carboxylic acids is 1. The van der Waals surface area contributed by atoms with Crippen LogP contribution in [0.5, 0.6) is 0 Å². The standard InChI is InChI=1S/C9H16O4/c1-5-9(4)6(7(10)11)12-8(2,3)13-9/h6H,5H2,1-4H3,(H,10,11)/t6-,9-/m0/s1. The van der Waals surface area contributed by atoms with Crippen LogP contribution in [0.1, 0.15) is 34.1 Å². The van der Waals surface area contributed by atoms with Gasteiger partial charge in [-0.05, 0) is 27.2 Å². The van der Waals surface area contributed by atoms with Crippen LogP contribution in [-0.4, -0.2) is 28.6 Å². The molecule has 1 aliphatic heterocycles. The van der Waals surface area contributed by atoms with Crippen molar-refractivity contribution in [2.45, 2.75) is 51.6 Å². The van der Waals surface area contributed by atoms with Gasteiger partial charge >= 0.3 is 5.97 Å². The molecule has 0 aromatic carbocycles. The Kier molecular flexibility index (Phi) is 2.38. The summed E-state index contributed by atoms with van der Waals surface area (Å²) in [5, 5.41) is 8.91. The average molecular weight is 188 g/mol. The SMILES string of the molecule is CC[C@]1(C)OC(C)(C)O[C@H]1C(=O)O. The molecule has 4 nitrogen and oxygen atoms in total. The molecule has 0 bridgehead atoms. The molecule has 0 saturated carbocycles. The van der Waals surface area contributed by atoms with Crippen molar-refractivity contribution >= 4 is 5.97 Å². The summed E-state index contributed by atoms with van der Waals surface area (Å²) in [6.07, 6.45) is -0.250. The van der Waals surface area contributed by atoms with Gasteiger partial charge in [-0.3, -0.25) is 0 Å². The van der Waals surface area contributed by atoms with Gasteiger partial charge < -0.3 is 14.6 Å². The fourth-order valence-electron chi connectivity index (χ4n) is 1.62. The number of rotatable bonds is 2. The van der Waals surface area contributed by atoms with Crippen LogP contribution < -0.4 is 0 Å². The van der Waals surface area contributed by atoms with Crippen LogP contribution in [0.2, 0.25) is 0 Å². The molecule has 0 spiro atoms. The molecule has 1 fully saturated rings. The Bertz CT molecular complexity index is 224. The van der Waals surface area contributed by atoms with E-state index in [-0.39, 0.29) is 0 Å². The van der Waals surface area contributed by atoms with Crippen LogP contribution in [0.4, 0.5) is 0 Å². The molecule has 4 heteroatoms. The third-order valence-electron chi connectivity index (χ3n) is 2.36. The van der Waals surface area contributed by atoms with Gasteiger partial charge in [0.2, 0.25) is 0 Å². The number of aliphatic carboxylic acids is 1. The van der Waals surface area contributed by atoms with Gasteiger partial charge in [-0.2, -0.15) is 0 Å². The first-order valence-corrected chi connectivity index (χ1v) is 4.41. The van der Waals surface area contributed by atoms with E-state index in [0.717, 1.165) is 0 Å². The minimum Gasteiger partial charge on any atom is -0.479 e. The molecule has 1 N–H and O–H groups in total. The van der Waals surface area contributed by atoms with E-state index in [0.29, 0.717) is 6.42 Å². The molecule has 1 aliphatic rings. The maximum Gasteiger partial charge on any atom is 0.335 e. The predicted octanol–water partition coefficient (Wildman–Crippen LogP) is 1.39. The summed E-state index contributed by atoms with van der Waals surface area (Å²) in [6.45, 7) is 7.11. The summed E-state index contributed by atoms with van der Waals surface area (Å²) in [7, 11) is 0. The normalized spacial score (nSPS) is 37.7. The molecule has 0 unspecified atom stereocenters. The molecule has 0 aromatic rings. The molecular weight excluding hydrogens is 172 g/mol. The van der Waals surface area contributed by atoms with Gasteiger partial charge in [-0.15, -0.1) is 0 Å². The Labute approximate surface area is 77.8 Å². The van der Waals surface area contributed by atoms with Crippen molar-refractivity contribution in [3.8, 4) is 0 Å². The Hall–Kier alpha value is -0.610. The van der Waals surface area contributed by atoms with E-state index in [4.69, 9.17) is 14.6 Å². The summed E-state index contributed by atoms with van der Waals surface area (Å²) in [5.74, 6) is -1.76. The Balaban J connectivity index is 2.90. The molecule has 1 saturated heterocycles. The second-order valence-electron chi connectivity index (χ2n) is 4.00. The zero-order chi connectivity index (χ0) is 10.3. The zero-order valence-electron chi connectivity index (χ0n) is 8.46. The van der Waals surface area contributed by atoms with Crippen molar-refractivity contribution < 1.29 is 19.4 Å². The van der Waals surface area contributed by atoms with Crippen LogP contribution in [-0.2, 0) is 14.3 Å². The van der Waals surface area contributed by atoms with Crippen LogP contribution in [0.3, 0.4) is 0 Å². The van der Waals surface area contributed by atoms with E-state index in [1.807, 2.05) is 6.92 Å². The predicted molar refractivity (Wildman–Crippen MR) is 46.4 cm³/mol. The van der Waals surface area contributed by atoms with Gasteiger partial charge in [0.05, 0.1) is 0 Å². The third-order valence-corrected chi connectivity index (χ3v) is 2.36. The highest BCUT2D eigenvalue weighted by Crippen LogP contribution is 2.38. The van der Waals surface area contributed by atoms with E-state index >= 15 is 0 Å². The molecule has 0 aromatic heterocycles. The van der Waals surface area contributed by atoms with Gasteiger partial charge in [0, 0.05) is 0 Å². The topological polar surface area (TPSA) is 55.8 Å². The molecule has 0 radical (unpaired) electrons. The maximum atomic E-state index is 10.9. The van der Waals surface area contributed by atoms with Crippen LogP contribution in [0, 0.1) is 0 Å². The Morgan fingerprint density at radius 2 is 2.00 bits per heavy atom. The van der Waals surface area contributed by atoms with E-state index < -0.39 is 23.5 Å². The molecule has 1 rings (SSSR count). The number of hydrogen-bond donors (Lipinski definition) is 1. The molecule has 0 amide bonds. The van der Waals surface area contributed by atoms with Gasteiger partial charge in [0.25, 0.3) is 0 Å². The number of carboxylic acid groups (broad SMARTS) is 1. The van der Waals surface area contributed by atoms with Crippen molar-refractivity contribution in [2.75, 3.05) is 0 Å². The number of ether oxygens (including phenoxy) is 2. The van der Waals surface area contributed by atoms with Crippen molar-refractivity contribution in [3.63, 3.8) is 0 Å². The smallest absolute Gasteiger partial charge is 0.335 e. The lowest BCUT2D eigenvalue weighted by atomic mass is 9.96. The van der Waals surface area contributed by atoms with Gasteiger partial charge in [-0.1, -0.05) is 6.92 Å². The van der Waals surface area contributed by atoms with Crippen LogP contribution in [0.25, 0.3) is 0 Å². The molecular formula is C9H16O4. The van der Waals surface area contributed by atoms with Crippen molar-refractivity contribution in [2.24, 2.45) is 0 Å². The number of hydrogen-bond acceptors (Lipinski definition) is 3. The highest BCUT2D eigenvalue weighted by atomic mass is 16.8. The minimum absolute atomic E-state index is 0.618. The minimum atomic E-state index is -0.963. The van der Waals surface area contributed by atoms with Gasteiger partial charge in [0.1, 0.15) is 5.60 Å². The fourth-order valence-corrected chi connectivity index (χ4v) is 1.62. The van der Waals surface area contributed by atoms with E-state index in [9.17, 15) is 4.79 Å². The van der Waals surface area contributed by atoms with Crippen LogP contribution >= 0.6 is 0 Å². The average Bonchev–Trinajstić information content (AvgIpc) is 2.22. The lowest BCUT2D eigenvalue weighted by molar-refractivity contribution is -0.169. The number of carbonyl (C=O) groups is 1. The highest BCUT2D eigenvalue weighted by Gasteiger charge is 2.52. The second-order valence-corrected chi connectivity index (χ2v) is 4.00. The van der Waals surface area contributed by atoms with E-state index in [2.05, 4.69) is 0 Å². The molecule has 1 heterocycles. The Morgan fingerprint density at radius 1 is 1.46 bits per heavy atom. The lowest BCUT2D eigenvalue weighted by Crippen LogP contribution is -2.41. The molecule has 0 aliphatic carbocycles. The van der Waals surface area contributed by atoms with Gasteiger partial charge in [0.15, 0.2) is 11.9 Å². The fraction of sp³-hybridized carbons (Fsp3) is 0.889. The monoisotopic (exact) mass is 188 g/mol. The first-order valence-electron chi connectivity index (χ1n) is 4.41. The third kappa shape index (κ3) is 1.84. The summed E-state index contributed by atoms with van der Waals surface area (Å²) >= 11 is 0. The highest BCUT2D eigenvalue weighted by molar-refractivity contribution is 5.74. The summed E-state index contributed by atoms with van der Waals surface area (Å²) in [5.41, 5.74) is -0.713. The summed E-state index contributed by atoms with van der Waals surface area (Å²) < 4.78 is 10.9. The van der Waals surface area contributed by atoms with Gasteiger partial charge in [-0.25, -0.2) is 4.79 Å². The quantitative estimate of drug-likeness (QED) is 0.711. The van der Waals surface area contributed by atoms with Crippen LogP contribution in [0.15, 0.2) is 0 Å². The first-order chi connectivity index (χ1) is 5.81. The summed E-state index contributed by atoms with van der Waals surface area (Å²) in [6, 6.07) is 0. The van der Waals surface area contributed by atoms with Crippen molar-refractivity contribution in [1.82, 2.24) is 0 Å². The van der Waals surface area contributed by atoms with Crippen molar-refractivity contribution in [1.29, 1.82) is 0 Å². The molecule has 13 heavy (non-hydrogen) atoms. The summed E-state index contributed by atoms with van der Waals surface area (Å²) in [4.78, 5) is 10.9. The Morgan fingerprint density at radius 3 is 2.31 bits per heavy atom. The van der Waals surface area contributed by atoms with E-state index in [1.165, 1.54) is 0 Å².